The number of nitrogens with one attached hydrogen (secondary N) is 2. The number of amides is 1. The van der Waals surface area contributed by atoms with E-state index in [9.17, 15) is 4.79 Å². The van der Waals surface area contributed by atoms with Crippen LogP contribution in [0.3, 0.4) is 0 Å². The van der Waals surface area contributed by atoms with Gasteiger partial charge >= 0.3 is 0 Å². The van der Waals surface area contributed by atoms with E-state index in [2.05, 4.69) is 36.4 Å². The second-order valence-electron chi connectivity index (χ2n) is 5.62. The Morgan fingerprint density at radius 2 is 2.10 bits per heavy atom. The van der Waals surface area contributed by atoms with E-state index >= 15 is 0 Å². The van der Waals surface area contributed by atoms with Gasteiger partial charge in [-0.05, 0) is 24.8 Å². The molecule has 0 aromatic carbocycles. The Bertz CT molecular complexity index is 449. The highest BCUT2D eigenvalue weighted by molar-refractivity contribution is 6.33. The average Bonchev–Trinajstić information content (AvgIpc) is 2.45. The summed E-state index contributed by atoms with van der Waals surface area (Å²) in [6, 6.07) is 1.71. The summed E-state index contributed by atoms with van der Waals surface area (Å²) in [7, 11) is 0. The van der Waals surface area contributed by atoms with Gasteiger partial charge in [0.1, 0.15) is 5.82 Å². The molecule has 0 radical (unpaired) electrons. The average molecular weight is 312 g/mol. The SMILES string of the molecule is CCCNc1cc(C(=O)NCCCCC(C)C)c(Cl)cn1. The lowest BCUT2D eigenvalue weighted by atomic mass is 10.1. The van der Waals surface area contributed by atoms with Crippen LogP contribution in [0.5, 0.6) is 0 Å². The summed E-state index contributed by atoms with van der Waals surface area (Å²) < 4.78 is 0. The minimum absolute atomic E-state index is 0.133. The van der Waals surface area contributed by atoms with Crippen molar-refractivity contribution in [3.63, 3.8) is 0 Å². The van der Waals surface area contributed by atoms with E-state index in [4.69, 9.17) is 11.6 Å². The molecule has 0 aliphatic heterocycles. The Morgan fingerprint density at radius 3 is 2.76 bits per heavy atom. The van der Waals surface area contributed by atoms with Crippen molar-refractivity contribution < 1.29 is 4.79 Å². The maximum Gasteiger partial charge on any atom is 0.252 e. The smallest absolute Gasteiger partial charge is 0.252 e. The van der Waals surface area contributed by atoms with Crippen molar-refractivity contribution in [2.75, 3.05) is 18.4 Å². The highest BCUT2D eigenvalue weighted by Crippen LogP contribution is 2.18. The molecule has 0 atom stereocenters. The van der Waals surface area contributed by atoms with Crippen LogP contribution in [0, 0.1) is 5.92 Å². The molecule has 1 heterocycles. The van der Waals surface area contributed by atoms with Crippen LogP contribution in [0.25, 0.3) is 0 Å². The highest BCUT2D eigenvalue weighted by atomic mass is 35.5. The first-order valence-corrected chi connectivity index (χ1v) is 8.10. The fourth-order valence-electron chi connectivity index (χ4n) is 1.94. The highest BCUT2D eigenvalue weighted by Gasteiger charge is 2.11. The zero-order chi connectivity index (χ0) is 15.7. The van der Waals surface area contributed by atoms with E-state index in [1.807, 2.05) is 0 Å². The Labute approximate surface area is 132 Å². The fourth-order valence-corrected chi connectivity index (χ4v) is 2.13. The first-order valence-electron chi connectivity index (χ1n) is 7.72. The topological polar surface area (TPSA) is 54.0 Å². The summed E-state index contributed by atoms with van der Waals surface area (Å²) in [5.41, 5.74) is 0.481. The van der Waals surface area contributed by atoms with Crippen molar-refractivity contribution >= 4 is 23.3 Å². The molecule has 0 saturated heterocycles. The minimum Gasteiger partial charge on any atom is -0.370 e. The monoisotopic (exact) mass is 311 g/mol. The predicted octanol–water partition coefficient (Wildman–Crippen LogP) is 4.11. The summed E-state index contributed by atoms with van der Waals surface area (Å²) in [5, 5.41) is 6.46. The lowest BCUT2D eigenvalue weighted by Gasteiger charge is -2.10. The van der Waals surface area contributed by atoms with Gasteiger partial charge in [-0.25, -0.2) is 4.98 Å². The summed E-state index contributed by atoms with van der Waals surface area (Å²) in [6.45, 7) is 8.00. The molecule has 0 spiro atoms. The molecule has 1 rings (SSSR count). The largest absolute Gasteiger partial charge is 0.370 e. The van der Waals surface area contributed by atoms with Gasteiger partial charge in [0.05, 0.1) is 10.6 Å². The van der Waals surface area contributed by atoms with E-state index in [1.54, 1.807) is 6.07 Å². The molecule has 1 aromatic heterocycles. The van der Waals surface area contributed by atoms with Gasteiger partial charge in [0.15, 0.2) is 0 Å². The molecule has 0 fully saturated rings. The van der Waals surface area contributed by atoms with Gasteiger partial charge in [-0.2, -0.15) is 0 Å². The van der Waals surface area contributed by atoms with Crippen molar-refractivity contribution in [3.05, 3.63) is 22.8 Å². The molecule has 0 aliphatic rings. The Morgan fingerprint density at radius 1 is 1.33 bits per heavy atom. The van der Waals surface area contributed by atoms with Crippen molar-refractivity contribution in [1.82, 2.24) is 10.3 Å². The van der Waals surface area contributed by atoms with E-state index in [0.29, 0.717) is 28.9 Å². The van der Waals surface area contributed by atoms with Crippen LogP contribution in [0.1, 0.15) is 56.8 Å². The summed E-state index contributed by atoms with van der Waals surface area (Å²) >= 11 is 6.06. The number of aromatic nitrogens is 1. The maximum absolute atomic E-state index is 12.1. The molecule has 21 heavy (non-hydrogen) atoms. The van der Waals surface area contributed by atoms with Crippen LogP contribution in [-0.4, -0.2) is 24.0 Å². The van der Waals surface area contributed by atoms with Gasteiger partial charge in [-0.1, -0.05) is 45.2 Å². The van der Waals surface area contributed by atoms with Gasteiger partial charge in [-0.15, -0.1) is 0 Å². The Kier molecular flexibility index (Phi) is 8.13. The zero-order valence-corrected chi connectivity index (χ0v) is 14.0. The second kappa shape index (κ2) is 9.61. The van der Waals surface area contributed by atoms with Crippen LogP contribution in [0.4, 0.5) is 5.82 Å². The number of carbonyl (C=O) groups excluding carboxylic acids is 1. The number of rotatable bonds is 9. The van der Waals surface area contributed by atoms with Gasteiger partial charge in [0.25, 0.3) is 5.91 Å². The van der Waals surface area contributed by atoms with E-state index in [1.165, 1.54) is 12.6 Å². The predicted molar refractivity (Wildman–Crippen MR) is 89.0 cm³/mol. The van der Waals surface area contributed by atoms with E-state index < -0.39 is 0 Å². The third kappa shape index (κ3) is 6.80. The van der Waals surface area contributed by atoms with Crippen molar-refractivity contribution in [1.29, 1.82) is 0 Å². The van der Waals surface area contributed by atoms with Crippen LogP contribution in [-0.2, 0) is 0 Å². The Hall–Kier alpha value is -1.29. The molecule has 0 saturated carbocycles. The summed E-state index contributed by atoms with van der Waals surface area (Å²) in [6.07, 6.45) is 5.84. The number of pyridine rings is 1. The summed E-state index contributed by atoms with van der Waals surface area (Å²) in [4.78, 5) is 16.3. The third-order valence-corrected chi connectivity index (χ3v) is 3.45. The molecule has 118 valence electrons. The third-order valence-electron chi connectivity index (χ3n) is 3.15. The molecule has 4 nitrogen and oxygen atoms in total. The van der Waals surface area contributed by atoms with Crippen LogP contribution >= 0.6 is 11.6 Å². The van der Waals surface area contributed by atoms with E-state index in [0.717, 1.165) is 25.8 Å². The lowest BCUT2D eigenvalue weighted by Crippen LogP contribution is -2.25. The minimum atomic E-state index is -0.133. The number of anilines is 1. The lowest BCUT2D eigenvalue weighted by molar-refractivity contribution is 0.0953. The number of nitrogens with zero attached hydrogens (tertiary/aromatic N) is 1. The standard InChI is InChI=1S/C16H26ClN3O/c1-4-8-18-15-10-13(14(17)11-20-15)16(21)19-9-6-5-7-12(2)3/h10-12H,4-9H2,1-3H3,(H,18,20)(H,19,21). The maximum atomic E-state index is 12.1. The molecule has 0 unspecified atom stereocenters. The number of halogens is 1. The van der Waals surface area contributed by atoms with Crippen molar-refractivity contribution in [2.24, 2.45) is 5.92 Å². The zero-order valence-electron chi connectivity index (χ0n) is 13.2. The van der Waals surface area contributed by atoms with Crippen molar-refractivity contribution in [3.8, 4) is 0 Å². The second-order valence-corrected chi connectivity index (χ2v) is 6.03. The molecule has 5 heteroatoms. The number of hydrogen-bond donors (Lipinski definition) is 2. The number of carbonyl (C=O) groups is 1. The molecule has 1 amide bonds. The van der Waals surface area contributed by atoms with Crippen molar-refractivity contribution in [2.45, 2.75) is 46.5 Å². The Balaban J connectivity index is 2.48. The number of unbranched alkanes of at least 4 members (excludes halogenated alkanes) is 1. The van der Waals surface area contributed by atoms with Crippen LogP contribution in [0.2, 0.25) is 5.02 Å². The van der Waals surface area contributed by atoms with E-state index in [-0.39, 0.29) is 5.91 Å². The van der Waals surface area contributed by atoms with Gasteiger partial charge in [0.2, 0.25) is 0 Å². The molecule has 1 aromatic rings. The van der Waals surface area contributed by atoms with Crippen LogP contribution in [0.15, 0.2) is 12.3 Å². The van der Waals surface area contributed by atoms with Gasteiger partial charge < -0.3 is 10.6 Å². The number of hydrogen-bond acceptors (Lipinski definition) is 3. The first-order chi connectivity index (χ1) is 10.0. The molecule has 2 N–H and O–H groups in total. The fraction of sp³-hybridized carbons (Fsp3) is 0.625. The quantitative estimate of drug-likeness (QED) is 0.675. The van der Waals surface area contributed by atoms with Crippen LogP contribution < -0.4 is 10.6 Å². The molecule has 0 aliphatic carbocycles. The summed E-state index contributed by atoms with van der Waals surface area (Å²) in [5.74, 6) is 1.26. The molecule has 0 bridgehead atoms. The van der Waals surface area contributed by atoms with Gasteiger partial charge in [0, 0.05) is 19.3 Å². The van der Waals surface area contributed by atoms with Gasteiger partial charge in [-0.3, -0.25) is 4.79 Å². The molecular formula is C16H26ClN3O. The first kappa shape index (κ1) is 17.8. The normalized spacial score (nSPS) is 10.7. The molecular weight excluding hydrogens is 286 g/mol.